The molecule has 1 aromatic heterocycles. The number of hydrogen-bond donors (Lipinski definition) is 3. The zero-order valence-corrected chi connectivity index (χ0v) is 17.9. The molecular formula is C23H21ClN6O2. The molecule has 2 amide bonds. The molecule has 0 spiro atoms. The Morgan fingerprint density at radius 1 is 1.09 bits per heavy atom. The van der Waals surface area contributed by atoms with Gasteiger partial charge in [-0.3, -0.25) is 15.0 Å². The average molecular weight is 449 g/mol. The van der Waals surface area contributed by atoms with Gasteiger partial charge in [-0.2, -0.15) is 0 Å². The number of hydrogen-bond acceptors (Lipinski definition) is 6. The van der Waals surface area contributed by atoms with Gasteiger partial charge in [0.15, 0.2) is 5.82 Å². The molecule has 3 N–H and O–H groups in total. The van der Waals surface area contributed by atoms with Crippen LogP contribution in [-0.4, -0.2) is 58.8 Å². The van der Waals surface area contributed by atoms with Crippen LogP contribution in [0, 0.1) is 5.41 Å². The van der Waals surface area contributed by atoms with E-state index in [-0.39, 0.29) is 41.5 Å². The molecule has 0 atom stereocenters. The quantitative estimate of drug-likeness (QED) is 0.502. The summed E-state index contributed by atoms with van der Waals surface area (Å²) in [5.74, 6) is -0.202. The average Bonchev–Trinajstić information content (AvgIpc) is 2.83. The van der Waals surface area contributed by atoms with E-state index in [0.717, 1.165) is 5.56 Å². The molecule has 1 aliphatic heterocycles. The van der Waals surface area contributed by atoms with Crippen LogP contribution >= 0.6 is 11.6 Å². The van der Waals surface area contributed by atoms with Crippen molar-refractivity contribution in [3.05, 3.63) is 76.8 Å². The summed E-state index contributed by atoms with van der Waals surface area (Å²) >= 11 is 6.74. The molecule has 0 radical (unpaired) electrons. The second kappa shape index (κ2) is 9.57. The Balaban J connectivity index is 1.66. The van der Waals surface area contributed by atoms with Crippen LogP contribution < -0.4 is 10.6 Å². The first-order valence-corrected chi connectivity index (χ1v) is 10.5. The molecule has 1 saturated heterocycles. The smallest absolute Gasteiger partial charge is 0.242 e. The van der Waals surface area contributed by atoms with Gasteiger partial charge in [0.1, 0.15) is 5.69 Å². The number of nitrogens with zero attached hydrogens (tertiary/aromatic N) is 3. The molecule has 8 nitrogen and oxygen atoms in total. The predicted octanol–water partition coefficient (Wildman–Crippen LogP) is 2.58. The van der Waals surface area contributed by atoms with Crippen LogP contribution in [0.25, 0.3) is 11.3 Å². The molecule has 32 heavy (non-hydrogen) atoms. The lowest BCUT2D eigenvalue weighted by Crippen LogP contribution is -2.51. The van der Waals surface area contributed by atoms with E-state index in [9.17, 15) is 9.59 Å². The third-order valence-corrected chi connectivity index (χ3v) is 5.44. The summed E-state index contributed by atoms with van der Waals surface area (Å²) in [7, 11) is 0. The first-order chi connectivity index (χ1) is 15.5. The number of halogens is 1. The highest BCUT2D eigenvalue weighted by molar-refractivity contribution is 6.38. The Morgan fingerprint density at radius 3 is 2.47 bits per heavy atom. The SMILES string of the molecule is N=C(c1ccccc1)c1c(NCC(=O)N2CCNC(=O)C2)nnc(-c2ccccc2)c1Cl. The molecule has 0 unspecified atom stereocenters. The van der Waals surface area contributed by atoms with Gasteiger partial charge in [0.2, 0.25) is 11.8 Å². The number of carbonyl (C=O) groups excluding carboxylic acids is 2. The normalized spacial score (nSPS) is 13.4. The molecule has 4 rings (SSSR count). The minimum Gasteiger partial charge on any atom is -0.359 e. The van der Waals surface area contributed by atoms with Crippen molar-refractivity contribution in [3.63, 3.8) is 0 Å². The lowest BCUT2D eigenvalue weighted by Gasteiger charge is -2.27. The molecule has 1 fully saturated rings. The summed E-state index contributed by atoms with van der Waals surface area (Å²) in [6.07, 6.45) is 0. The van der Waals surface area contributed by atoms with E-state index in [0.29, 0.717) is 29.9 Å². The van der Waals surface area contributed by atoms with E-state index in [4.69, 9.17) is 17.0 Å². The van der Waals surface area contributed by atoms with Crippen molar-refractivity contribution in [2.24, 2.45) is 0 Å². The van der Waals surface area contributed by atoms with Crippen molar-refractivity contribution in [1.29, 1.82) is 5.41 Å². The van der Waals surface area contributed by atoms with Crippen molar-refractivity contribution in [1.82, 2.24) is 20.4 Å². The highest BCUT2D eigenvalue weighted by Gasteiger charge is 2.24. The number of piperazine rings is 1. The largest absolute Gasteiger partial charge is 0.359 e. The summed E-state index contributed by atoms with van der Waals surface area (Å²) < 4.78 is 0. The molecular weight excluding hydrogens is 428 g/mol. The standard InChI is InChI=1S/C23H21ClN6O2/c24-20-19(21(25)15-7-3-1-4-8-15)23(29-28-22(20)16-9-5-2-6-10-16)27-13-18(32)30-12-11-26-17(31)14-30/h1-10,25H,11-14H2,(H,26,31)(H,27,29). The van der Waals surface area contributed by atoms with Gasteiger partial charge in [-0.15, -0.1) is 10.2 Å². The summed E-state index contributed by atoms with van der Waals surface area (Å²) in [5, 5.41) is 23.2. The summed E-state index contributed by atoms with van der Waals surface area (Å²) in [6.45, 7) is 0.787. The van der Waals surface area contributed by atoms with E-state index < -0.39 is 0 Å². The van der Waals surface area contributed by atoms with Crippen LogP contribution in [0.3, 0.4) is 0 Å². The summed E-state index contributed by atoms with van der Waals surface area (Å²) in [6, 6.07) is 18.5. The first-order valence-electron chi connectivity index (χ1n) is 10.1. The van der Waals surface area contributed by atoms with Crippen molar-refractivity contribution < 1.29 is 9.59 Å². The van der Waals surface area contributed by atoms with E-state index in [1.807, 2.05) is 60.7 Å². The fourth-order valence-electron chi connectivity index (χ4n) is 3.42. The molecule has 0 aliphatic carbocycles. The molecule has 0 saturated carbocycles. The highest BCUT2D eigenvalue weighted by atomic mass is 35.5. The number of anilines is 1. The molecule has 3 aromatic rings. The number of carbonyl (C=O) groups is 2. The number of amides is 2. The third-order valence-electron chi connectivity index (χ3n) is 5.07. The van der Waals surface area contributed by atoms with Gasteiger partial charge in [-0.05, 0) is 0 Å². The van der Waals surface area contributed by atoms with Crippen molar-refractivity contribution >= 4 is 34.9 Å². The van der Waals surface area contributed by atoms with E-state index >= 15 is 0 Å². The van der Waals surface area contributed by atoms with Crippen molar-refractivity contribution in [2.75, 3.05) is 31.5 Å². The lowest BCUT2D eigenvalue weighted by atomic mass is 10.0. The molecule has 162 valence electrons. The van der Waals surface area contributed by atoms with Gasteiger partial charge in [-0.25, -0.2) is 0 Å². The van der Waals surface area contributed by atoms with Crippen molar-refractivity contribution in [2.45, 2.75) is 0 Å². The van der Waals surface area contributed by atoms with E-state index in [1.165, 1.54) is 4.90 Å². The fraction of sp³-hybridized carbons (Fsp3) is 0.174. The molecule has 2 heterocycles. The van der Waals surface area contributed by atoms with Gasteiger partial charge in [0, 0.05) is 24.2 Å². The van der Waals surface area contributed by atoms with Crippen LogP contribution in [0.1, 0.15) is 11.1 Å². The molecule has 1 aliphatic rings. The molecule has 0 bridgehead atoms. The van der Waals surface area contributed by atoms with Gasteiger partial charge in [0.25, 0.3) is 0 Å². The fourth-order valence-corrected chi connectivity index (χ4v) is 3.75. The Hall–Kier alpha value is -3.78. The van der Waals surface area contributed by atoms with Gasteiger partial charge >= 0.3 is 0 Å². The van der Waals surface area contributed by atoms with Gasteiger partial charge < -0.3 is 15.5 Å². The van der Waals surface area contributed by atoms with Crippen LogP contribution in [0.5, 0.6) is 0 Å². The Kier molecular flexibility index (Phi) is 6.42. The first kappa shape index (κ1) is 21.5. The second-order valence-corrected chi connectivity index (χ2v) is 7.59. The minimum absolute atomic E-state index is 0.0204. The van der Waals surface area contributed by atoms with Crippen LogP contribution in [0.4, 0.5) is 5.82 Å². The number of aromatic nitrogens is 2. The molecule has 2 aromatic carbocycles. The van der Waals surface area contributed by atoms with Crippen LogP contribution in [-0.2, 0) is 9.59 Å². The lowest BCUT2D eigenvalue weighted by molar-refractivity contribution is -0.136. The van der Waals surface area contributed by atoms with Crippen LogP contribution in [0.2, 0.25) is 5.02 Å². The number of benzene rings is 2. The van der Waals surface area contributed by atoms with E-state index in [1.54, 1.807) is 0 Å². The maximum absolute atomic E-state index is 12.6. The topological polar surface area (TPSA) is 111 Å². The monoisotopic (exact) mass is 448 g/mol. The Bertz CT molecular complexity index is 1150. The number of rotatable bonds is 6. The minimum atomic E-state index is -0.248. The maximum atomic E-state index is 12.6. The third kappa shape index (κ3) is 4.60. The van der Waals surface area contributed by atoms with Crippen LogP contribution in [0.15, 0.2) is 60.7 Å². The predicted molar refractivity (Wildman–Crippen MR) is 123 cm³/mol. The maximum Gasteiger partial charge on any atom is 0.242 e. The zero-order valence-electron chi connectivity index (χ0n) is 17.1. The Morgan fingerprint density at radius 2 is 1.78 bits per heavy atom. The Labute approximate surface area is 190 Å². The van der Waals surface area contributed by atoms with E-state index in [2.05, 4.69) is 20.8 Å². The van der Waals surface area contributed by atoms with Gasteiger partial charge in [-0.1, -0.05) is 72.3 Å². The summed E-state index contributed by atoms with van der Waals surface area (Å²) in [4.78, 5) is 25.6. The highest BCUT2D eigenvalue weighted by Crippen LogP contribution is 2.33. The zero-order chi connectivity index (χ0) is 22.5. The number of nitrogens with one attached hydrogen (secondary N) is 3. The summed E-state index contributed by atoms with van der Waals surface area (Å²) in [5.41, 5.74) is 2.40. The molecule has 9 heteroatoms. The van der Waals surface area contributed by atoms with Gasteiger partial charge in [0.05, 0.1) is 29.4 Å². The van der Waals surface area contributed by atoms with Crippen molar-refractivity contribution in [3.8, 4) is 11.3 Å². The second-order valence-electron chi connectivity index (χ2n) is 7.21.